The molecule has 9 nitrogen and oxygen atoms in total. The van der Waals surface area contributed by atoms with E-state index in [1.54, 1.807) is 41.9 Å². The van der Waals surface area contributed by atoms with Gasteiger partial charge in [0.05, 0.1) is 24.7 Å². The van der Waals surface area contributed by atoms with Crippen molar-refractivity contribution >= 4 is 39.4 Å². The van der Waals surface area contributed by atoms with E-state index in [9.17, 15) is 19.2 Å². The van der Waals surface area contributed by atoms with Crippen LogP contribution in [-0.4, -0.2) is 45.9 Å². The van der Waals surface area contributed by atoms with Gasteiger partial charge in [-0.15, -0.1) is 0 Å². The van der Waals surface area contributed by atoms with Gasteiger partial charge in [0.2, 0.25) is 5.91 Å². The van der Waals surface area contributed by atoms with E-state index in [2.05, 4.69) is 10.6 Å². The molecule has 2 aromatic carbocycles. The highest BCUT2D eigenvalue weighted by Crippen LogP contribution is 2.35. The van der Waals surface area contributed by atoms with Gasteiger partial charge in [0.15, 0.2) is 17.2 Å². The molecule has 2 atom stereocenters. The molecule has 0 bridgehead atoms. The minimum Gasteiger partial charge on any atom is -0.493 e. The van der Waals surface area contributed by atoms with Crippen molar-refractivity contribution in [3.63, 3.8) is 0 Å². The summed E-state index contributed by atoms with van der Waals surface area (Å²) in [6.45, 7) is 1.35. The van der Waals surface area contributed by atoms with Crippen LogP contribution in [0.2, 0.25) is 0 Å². The molecule has 2 aromatic heterocycles. The first-order valence-electron chi connectivity index (χ1n) is 13.1. The van der Waals surface area contributed by atoms with Gasteiger partial charge < -0.3 is 19.9 Å². The van der Waals surface area contributed by atoms with Gasteiger partial charge in [0, 0.05) is 37.0 Å². The summed E-state index contributed by atoms with van der Waals surface area (Å²) in [5, 5.41) is 7.03. The number of benzene rings is 2. The van der Waals surface area contributed by atoms with Crippen molar-refractivity contribution in [3.8, 4) is 5.75 Å². The summed E-state index contributed by atoms with van der Waals surface area (Å²) in [5.41, 5.74) is 1.52. The number of ether oxygens (including phenoxy) is 1. The Morgan fingerprint density at radius 1 is 0.974 bits per heavy atom. The summed E-state index contributed by atoms with van der Waals surface area (Å²) in [7, 11) is 3.18. The van der Waals surface area contributed by atoms with Crippen LogP contribution in [0.5, 0.6) is 5.75 Å². The molecule has 1 aliphatic carbocycles. The van der Waals surface area contributed by atoms with Crippen molar-refractivity contribution in [1.82, 2.24) is 19.8 Å². The van der Waals surface area contributed by atoms with Crippen molar-refractivity contribution in [2.24, 2.45) is 7.05 Å². The Balaban J connectivity index is 1.59. The molecule has 4 aromatic rings. The van der Waals surface area contributed by atoms with E-state index in [1.807, 2.05) is 24.3 Å². The van der Waals surface area contributed by atoms with E-state index in [-0.39, 0.29) is 53.1 Å². The molecule has 202 valence electrons. The van der Waals surface area contributed by atoms with Gasteiger partial charge in [-0.2, -0.15) is 0 Å². The standard InChI is InChI=1S/C30H32N4O5/c1-18(35)31-20-12-9-13-21(16-20)32-29(37)27-28(39-3)25-26(33(27)2)22-14-7-8-15-23(22)34(30(25)38)17-24(36)19-10-5-4-6-11-19/h4-8,10-11,14-15,20-21H,9,12-13,16-17H2,1-3H3,(H,31,35)(H,32,37). The second-order valence-corrected chi connectivity index (χ2v) is 10.1. The zero-order chi connectivity index (χ0) is 27.7. The Labute approximate surface area is 225 Å². The maximum atomic E-state index is 14.0. The molecule has 0 spiro atoms. The molecule has 2 heterocycles. The highest BCUT2D eigenvalue weighted by Gasteiger charge is 2.30. The summed E-state index contributed by atoms with van der Waals surface area (Å²) in [6.07, 6.45) is 3.18. The average molecular weight is 529 g/mol. The van der Waals surface area contributed by atoms with E-state index in [0.29, 0.717) is 23.0 Å². The number of carbonyl (C=O) groups excluding carboxylic acids is 3. The summed E-state index contributed by atoms with van der Waals surface area (Å²) < 4.78 is 8.85. The number of rotatable bonds is 7. The molecule has 1 fully saturated rings. The summed E-state index contributed by atoms with van der Waals surface area (Å²) >= 11 is 0. The van der Waals surface area contributed by atoms with E-state index in [1.165, 1.54) is 18.6 Å². The molecular weight excluding hydrogens is 496 g/mol. The molecule has 1 saturated carbocycles. The predicted molar refractivity (Wildman–Crippen MR) is 149 cm³/mol. The molecule has 39 heavy (non-hydrogen) atoms. The normalized spacial score (nSPS) is 17.2. The molecule has 2 unspecified atom stereocenters. The third-order valence-corrected chi connectivity index (χ3v) is 7.49. The van der Waals surface area contributed by atoms with Crippen molar-refractivity contribution in [1.29, 1.82) is 0 Å². The maximum Gasteiger partial charge on any atom is 0.272 e. The number of para-hydroxylation sites is 1. The molecule has 1 aliphatic rings. The van der Waals surface area contributed by atoms with Crippen LogP contribution >= 0.6 is 0 Å². The van der Waals surface area contributed by atoms with Crippen molar-refractivity contribution in [2.45, 2.75) is 51.2 Å². The number of nitrogens with zero attached hydrogens (tertiary/aromatic N) is 2. The van der Waals surface area contributed by atoms with Crippen LogP contribution in [0.1, 0.15) is 53.5 Å². The van der Waals surface area contributed by atoms with Gasteiger partial charge in [-0.3, -0.25) is 23.7 Å². The lowest BCUT2D eigenvalue weighted by Crippen LogP contribution is -2.45. The number of methoxy groups -OCH3 is 1. The van der Waals surface area contributed by atoms with Gasteiger partial charge in [0.1, 0.15) is 5.39 Å². The lowest BCUT2D eigenvalue weighted by atomic mass is 9.91. The smallest absolute Gasteiger partial charge is 0.272 e. The van der Waals surface area contributed by atoms with Crippen LogP contribution in [0.3, 0.4) is 0 Å². The fourth-order valence-electron chi connectivity index (χ4n) is 5.79. The first-order chi connectivity index (χ1) is 18.8. The van der Waals surface area contributed by atoms with Crippen LogP contribution < -0.4 is 20.9 Å². The Bertz CT molecular complexity index is 1640. The molecule has 2 amide bonds. The fourth-order valence-corrected chi connectivity index (χ4v) is 5.79. The molecule has 0 radical (unpaired) electrons. The fraction of sp³-hybridized carbons (Fsp3) is 0.333. The highest BCUT2D eigenvalue weighted by atomic mass is 16.5. The van der Waals surface area contributed by atoms with Crippen molar-refractivity contribution in [3.05, 3.63) is 76.2 Å². The first-order valence-corrected chi connectivity index (χ1v) is 13.1. The van der Waals surface area contributed by atoms with Crippen molar-refractivity contribution in [2.75, 3.05) is 7.11 Å². The summed E-state index contributed by atoms with van der Waals surface area (Å²) in [5.74, 6) is -0.456. The molecule has 9 heteroatoms. The van der Waals surface area contributed by atoms with E-state index >= 15 is 0 Å². The lowest BCUT2D eigenvalue weighted by Gasteiger charge is -2.30. The largest absolute Gasteiger partial charge is 0.493 e. The Morgan fingerprint density at radius 2 is 1.64 bits per heavy atom. The monoisotopic (exact) mass is 528 g/mol. The molecular formula is C30H32N4O5. The predicted octanol–water partition coefficient (Wildman–Crippen LogP) is 3.56. The Morgan fingerprint density at radius 3 is 2.33 bits per heavy atom. The molecule has 2 N–H and O–H groups in total. The van der Waals surface area contributed by atoms with Crippen LogP contribution in [0.4, 0.5) is 0 Å². The topological polar surface area (TPSA) is 111 Å². The minimum atomic E-state index is -0.400. The number of carbonyl (C=O) groups is 3. The van der Waals surface area contributed by atoms with Gasteiger partial charge >= 0.3 is 0 Å². The highest BCUT2D eigenvalue weighted by molar-refractivity contribution is 6.12. The molecule has 0 saturated heterocycles. The number of amides is 2. The Hall–Kier alpha value is -4.40. The summed E-state index contributed by atoms with van der Waals surface area (Å²) in [6, 6.07) is 16.1. The van der Waals surface area contributed by atoms with Gasteiger partial charge in [-0.1, -0.05) is 48.5 Å². The van der Waals surface area contributed by atoms with Gasteiger partial charge in [-0.05, 0) is 31.7 Å². The number of aromatic nitrogens is 2. The SMILES string of the molecule is COc1c(C(=O)NC2CCCC(NC(C)=O)C2)n(C)c2c1c(=O)n(CC(=O)c1ccccc1)c1ccccc21. The van der Waals surface area contributed by atoms with E-state index < -0.39 is 5.56 Å². The molecule has 0 aliphatic heterocycles. The van der Waals surface area contributed by atoms with Crippen LogP contribution in [0.25, 0.3) is 21.8 Å². The first kappa shape index (κ1) is 26.2. The lowest BCUT2D eigenvalue weighted by molar-refractivity contribution is -0.119. The van der Waals surface area contributed by atoms with E-state index in [0.717, 1.165) is 24.6 Å². The van der Waals surface area contributed by atoms with Crippen LogP contribution in [-0.2, 0) is 18.4 Å². The maximum absolute atomic E-state index is 14.0. The third-order valence-electron chi connectivity index (χ3n) is 7.49. The van der Waals surface area contributed by atoms with Crippen LogP contribution in [0.15, 0.2) is 59.4 Å². The number of Topliss-reactive ketones (excluding diaryl/α,β-unsaturated/α-hetero) is 1. The number of ketones is 1. The van der Waals surface area contributed by atoms with Crippen LogP contribution in [0, 0.1) is 0 Å². The zero-order valence-electron chi connectivity index (χ0n) is 22.3. The van der Waals surface area contributed by atoms with Gasteiger partial charge in [0.25, 0.3) is 11.5 Å². The second kappa shape index (κ2) is 10.8. The zero-order valence-corrected chi connectivity index (χ0v) is 22.3. The average Bonchev–Trinajstić information content (AvgIpc) is 3.23. The second-order valence-electron chi connectivity index (χ2n) is 10.1. The number of aryl methyl sites for hydroxylation is 1. The quantitative estimate of drug-likeness (QED) is 0.356. The third kappa shape index (κ3) is 4.92. The number of hydrogen-bond acceptors (Lipinski definition) is 5. The van der Waals surface area contributed by atoms with Crippen molar-refractivity contribution < 1.29 is 19.1 Å². The molecule has 5 rings (SSSR count). The number of nitrogens with one attached hydrogen (secondary N) is 2. The minimum absolute atomic E-state index is 0.00854. The van der Waals surface area contributed by atoms with E-state index in [4.69, 9.17) is 4.74 Å². The number of fused-ring (bicyclic) bond motifs is 3. The Kier molecular flexibility index (Phi) is 7.24. The number of hydrogen-bond donors (Lipinski definition) is 2. The summed E-state index contributed by atoms with van der Waals surface area (Å²) in [4.78, 5) is 52.2. The number of pyridine rings is 1. The van der Waals surface area contributed by atoms with Gasteiger partial charge in [-0.25, -0.2) is 0 Å².